The molecule has 1 aromatic rings. The van der Waals surface area contributed by atoms with Crippen molar-refractivity contribution >= 4 is 18.3 Å². The van der Waals surface area contributed by atoms with E-state index < -0.39 is 57.1 Å². The zero-order valence-corrected chi connectivity index (χ0v) is 13.7. The summed E-state index contributed by atoms with van der Waals surface area (Å²) in [7, 11) is -0.975. The summed E-state index contributed by atoms with van der Waals surface area (Å²) < 4.78 is 111. The highest BCUT2D eigenvalue weighted by atomic mass is 16.7. The summed E-state index contributed by atoms with van der Waals surface area (Å²) in [4.78, 5) is 0.214. The van der Waals surface area contributed by atoms with Gasteiger partial charge in [-0.3, -0.25) is 0 Å². The van der Waals surface area contributed by atoms with Crippen molar-refractivity contribution in [1.29, 1.82) is 0 Å². The van der Waals surface area contributed by atoms with E-state index in [1.165, 1.54) is 18.2 Å². The Balaban J connectivity index is 2.30. The third-order valence-electron chi connectivity index (χ3n) is 4.46. The molecule has 0 aromatic heterocycles. The number of rotatable bonds is 2. The van der Waals surface area contributed by atoms with Gasteiger partial charge in [-0.25, -0.2) is 0 Å². The molecule has 0 aliphatic carbocycles. The maximum atomic E-state index is 8.81. The minimum atomic E-state index is -3.52. The van der Waals surface area contributed by atoms with Gasteiger partial charge < -0.3 is 19.5 Å². The molecule has 2 heterocycles. The van der Waals surface area contributed by atoms with Crippen LogP contribution >= 0.6 is 0 Å². The molecule has 2 fully saturated rings. The lowest BCUT2D eigenvalue weighted by atomic mass is 9.79. The predicted molar refractivity (Wildman–Crippen MR) is 96.4 cm³/mol. The van der Waals surface area contributed by atoms with Gasteiger partial charge in [0.2, 0.25) is 0 Å². The molecule has 0 saturated carbocycles. The van der Waals surface area contributed by atoms with Crippen molar-refractivity contribution in [2.45, 2.75) is 64.6 Å². The first-order chi connectivity index (χ1) is 15.4. The summed E-state index contributed by atoms with van der Waals surface area (Å²) in [5, 5.41) is 1.70. The van der Waals surface area contributed by atoms with Crippen LogP contribution in [-0.4, -0.2) is 43.3 Å². The number of nitrogens with one attached hydrogen (secondary N) is 1. The van der Waals surface area contributed by atoms with Crippen LogP contribution in [0.4, 0.5) is 5.69 Å². The highest BCUT2D eigenvalue weighted by molar-refractivity contribution is 6.62. The quantitative estimate of drug-likeness (QED) is 0.844. The Morgan fingerprint density at radius 3 is 2.39 bits per heavy atom. The minimum Gasteiger partial charge on any atom is -0.399 e. The molecular weight excluding hydrogens is 287 g/mol. The number of anilines is 1. The fourth-order valence-corrected chi connectivity index (χ4v) is 2.42. The average molecular weight is 328 g/mol. The van der Waals surface area contributed by atoms with E-state index in [1.54, 1.807) is 11.4 Å². The zero-order chi connectivity index (χ0) is 27.3. The predicted octanol–water partition coefficient (Wildman–Crippen LogP) is 2.17. The third kappa shape index (κ3) is 3.02. The van der Waals surface area contributed by atoms with E-state index in [-0.39, 0.29) is 10.6 Å². The molecule has 0 radical (unpaired) electrons. The first-order valence-corrected chi connectivity index (χ1v) is 7.41. The molecule has 2 aliphatic rings. The van der Waals surface area contributed by atoms with Gasteiger partial charge in [0, 0.05) is 44.4 Å². The lowest BCUT2D eigenvalue weighted by Crippen LogP contribution is -2.55. The van der Waals surface area contributed by atoms with E-state index >= 15 is 0 Å². The van der Waals surface area contributed by atoms with Crippen molar-refractivity contribution in [3.05, 3.63) is 24.3 Å². The summed E-state index contributed by atoms with van der Waals surface area (Å²) in [6.07, 6.45) is 0. The molecule has 3 rings (SSSR count). The van der Waals surface area contributed by atoms with Gasteiger partial charge >= 0.3 is 7.12 Å². The summed E-state index contributed by atoms with van der Waals surface area (Å²) in [5.41, 5.74) is -1.55. The standard InChI is InChI=1S/C18H29BN2O2/c1-13-11-20-12-14(2)21(13)16-9-7-8-15(10-16)19-22-17(3,4)18(5,6)23-19/h7-10,13-14,20H,11-12H2,1-6H3/i1D3,2D3,11D2,12D2,13D,14D. The molecule has 2 atom stereocenters. The van der Waals surface area contributed by atoms with E-state index in [2.05, 4.69) is 0 Å². The van der Waals surface area contributed by atoms with Crippen molar-refractivity contribution in [1.82, 2.24) is 5.32 Å². The molecule has 1 aromatic carbocycles. The molecule has 5 heteroatoms. The second-order valence-electron chi connectivity index (χ2n) is 6.59. The van der Waals surface area contributed by atoms with Gasteiger partial charge in [-0.2, -0.15) is 0 Å². The van der Waals surface area contributed by atoms with Crippen molar-refractivity contribution in [3.8, 4) is 0 Å². The Hall–Kier alpha value is -1.04. The minimum absolute atomic E-state index is 0.214. The second kappa shape index (κ2) is 5.80. The van der Waals surface area contributed by atoms with E-state index in [0.717, 1.165) is 0 Å². The topological polar surface area (TPSA) is 33.7 Å². The molecule has 4 nitrogen and oxygen atoms in total. The van der Waals surface area contributed by atoms with Crippen LogP contribution in [0.5, 0.6) is 0 Å². The van der Waals surface area contributed by atoms with E-state index in [4.69, 9.17) is 25.8 Å². The van der Waals surface area contributed by atoms with Crippen molar-refractivity contribution in [2.24, 2.45) is 0 Å². The van der Waals surface area contributed by atoms with Crippen LogP contribution in [0.2, 0.25) is 0 Å². The fraction of sp³-hybridized carbons (Fsp3) is 0.667. The third-order valence-corrected chi connectivity index (χ3v) is 4.46. The maximum absolute atomic E-state index is 8.81. The van der Waals surface area contributed by atoms with Crippen molar-refractivity contribution in [3.63, 3.8) is 0 Å². The molecule has 23 heavy (non-hydrogen) atoms. The Labute approximate surface area is 157 Å². The first-order valence-electron chi connectivity index (χ1n) is 13.4. The van der Waals surface area contributed by atoms with Crippen LogP contribution in [0.3, 0.4) is 0 Å². The maximum Gasteiger partial charge on any atom is 0.494 e. The average Bonchev–Trinajstić information content (AvgIpc) is 2.85. The van der Waals surface area contributed by atoms with Gasteiger partial charge in [0.25, 0.3) is 0 Å². The largest absolute Gasteiger partial charge is 0.494 e. The van der Waals surface area contributed by atoms with Gasteiger partial charge in [0.15, 0.2) is 0 Å². The zero-order valence-electron chi connectivity index (χ0n) is 25.7. The number of hydrogen-bond donors (Lipinski definition) is 1. The molecule has 0 amide bonds. The van der Waals surface area contributed by atoms with Crippen LogP contribution in [0.1, 0.15) is 57.8 Å². The molecule has 2 aliphatic heterocycles. The summed E-state index contributed by atoms with van der Waals surface area (Å²) >= 11 is 0. The van der Waals surface area contributed by atoms with Gasteiger partial charge in [0.1, 0.15) is 0 Å². The van der Waals surface area contributed by atoms with Gasteiger partial charge in [-0.05, 0) is 59.0 Å². The van der Waals surface area contributed by atoms with Gasteiger partial charge in [0.05, 0.1) is 13.9 Å². The number of hydrogen-bond acceptors (Lipinski definition) is 4. The van der Waals surface area contributed by atoms with E-state index in [0.29, 0.717) is 5.46 Å². The van der Waals surface area contributed by atoms with Gasteiger partial charge in [-0.15, -0.1) is 0 Å². The highest BCUT2D eigenvalue weighted by Gasteiger charge is 2.51. The molecule has 2 saturated heterocycles. The number of nitrogens with zero attached hydrogens (tertiary/aromatic N) is 1. The summed E-state index contributed by atoms with van der Waals surface area (Å²) in [6, 6.07) is -1.45. The molecule has 126 valence electrons. The van der Waals surface area contributed by atoms with E-state index in [1.807, 2.05) is 27.7 Å². The van der Waals surface area contributed by atoms with Gasteiger partial charge in [-0.1, -0.05) is 12.1 Å². The van der Waals surface area contributed by atoms with E-state index in [9.17, 15) is 0 Å². The lowest BCUT2D eigenvalue weighted by molar-refractivity contribution is 0.00578. The Bertz CT molecular complexity index is 944. The first kappa shape index (κ1) is 7.46. The van der Waals surface area contributed by atoms with Crippen LogP contribution in [-0.2, 0) is 9.31 Å². The van der Waals surface area contributed by atoms with Crippen molar-refractivity contribution in [2.75, 3.05) is 17.9 Å². The lowest BCUT2D eigenvalue weighted by Gasteiger charge is -2.41. The molecular formula is C18H29BN2O2. The smallest absolute Gasteiger partial charge is 0.399 e. The Morgan fingerprint density at radius 1 is 1.22 bits per heavy atom. The van der Waals surface area contributed by atoms with Crippen molar-refractivity contribution < 1.29 is 25.8 Å². The summed E-state index contributed by atoms with van der Waals surface area (Å²) in [6.45, 7) is -6.41. The van der Waals surface area contributed by atoms with Crippen LogP contribution < -0.4 is 15.7 Å². The van der Waals surface area contributed by atoms with Crippen LogP contribution in [0, 0.1) is 0 Å². The normalized spacial score (nSPS) is 49.4. The number of piperazine rings is 1. The SMILES string of the molecule is [2H]C([2H])([2H])C1([2H])N(c2cccc(B3OC(C)(C)C(C)(C)O3)c2)C([2H])(C([2H])([2H])[2H])C([2H])([2H])NC1([2H])[2H]. The Kier molecular flexibility index (Phi) is 1.88. The highest BCUT2D eigenvalue weighted by Crippen LogP contribution is 2.36. The summed E-state index contributed by atoms with van der Waals surface area (Å²) in [5.74, 6) is 0. The molecule has 0 spiro atoms. The Morgan fingerprint density at radius 2 is 1.83 bits per heavy atom. The van der Waals surface area contributed by atoms with Crippen LogP contribution in [0.25, 0.3) is 0 Å². The van der Waals surface area contributed by atoms with Crippen LogP contribution in [0.15, 0.2) is 24.3 Å². The molecule has 1 N–H and O–H groups in total. The number of benzene rings is 1. The monoisotopic (exact) mass is 328 g/mol. The fourth-order valence-electron chi connectivity index (χ4n) is 2.42. The molecule has 2 unspecified atom stereocenters. The molecule has 0 bridgehead atoms. The second-order valence-corrected chi connectivity index (χ2v) is 6.59.